The second-order valence-electron chi connectivity index (χ2n) is 6.34. The van der Waals surface area contributed by atoms with Gasteiger partial charge in [-0.3, -0.25) is 4.90 Å². The van der Waals surface area contributed by atoms with Crippen LogP contribution in [0, 0.1) is 20.8 Å². The van der Waals surface area contributed by atoms with E-state index in [9.17, 15) is 0 Å². The lowest BCUT2D eigenvalue weighted by Gasteiger charge is -2.42. The van der Waals surface area contributed by atoms with E-state index in [0.29, 0.717) is 18.1 Å². The van der Waals surface area contributed by atoms with Gasteiger partial charge in [0, 0.05) is 31.2 Å². The summed E-state index contributed by atoms with van der Waals surface area (Å²) < 4.78 is 0. The Morgan fingerprint density at radius 3 is 2.32 bits per heavy atom. The van der Waals surface area contributed by atoms with Gasteiger partial charge in [0.15, 0.2) is 0 Å². The first-order valence-electron chi connectivity index (χ1n) is 7.47. The molecule has 1 saturated heterocycles. The Bertz CT molecular complexity index is 430. The summed E-state index contributed by atoms with van der Waals surface area (Å²) >= 11 is 0. The Kier molecular flexibility index (Phi) is 4.32. The molecule has 1 fully saturated rings. The van der Waals surface area contributed by atoms with Gasteiger partial charge in [-0.1, -0.05) is 17.7 Å². The average Bonchev–Trinajstić information content (AvgIpc) is 2.30. The Morgan fingerprint density at radius 2 is 1.74 bits per heavy atom. The summed E-state index contributed by atoms with van der Waals surface area (Å²) in [5, 5.41) is 3.56. The van der Waals surface area contributed by atoms with E-state index in [1.165, 1.54) is 22.3 Å². The highest BCUT2D eigenvalue weighted by Gasteiger charge is 2.28. The second-order valence-corrected chi connectivity index (χ2v) is 6.34. The first kappa shape index (κ1) is 14.5. The number of aryl methyl sites for hydroxylation is 3. The molecule has 1 aromatic carbocycles. The molecule has 0 spiro atoms. The average molecular weight is 260 g/mol. The third-order valence-corrected chi connectivity index (χ3v) is 4.47. The van der Waals surface area contributed by atoms with Gasteiger partial charge in [0.2, 0.25) is 0 Å². The van der Waals surface area contributed by atoms with Crippen LogP contribution in [0.15, 0.2) is 12.1 Å². The van der Waals surface area contributed by atoms with Gasteiger partial charge in [-0.2, -0.15) is 0 Å². The van der Waals surface area contributed by atoms with Crippen molar-refractivity contribution in [1.29, 1.82) is 0 Å². The number of hydrogen-bond acceptors (Lipinski definition) is 2. The van der Waals surface area contributed by atoms with Crippen LogP contribution in [-0.4, -0.2) is 30.1 Å². The molecule has 1 aliphatic rings. The fourth-order valence-corrected chi connectivity index (χ4v) is 3.61. The predicted octanol–water partition coefficient (Wildman–Crippen LogP) is 3.36. The van der Waals surface area contributed by atoms with Crippen LogP contribution >= 0.6 is 0 Å². The molecule has 2 nitrogen and oxygen atoms in total. The van der Waals surface area contributed by atoms with Crippen LogP contribution in [0.4, 0.5) is 0 Å². The van der Waals surface area contributed by atoms with Crippen molar-refractivity contribution < 1.29 is 0 Å². The van der Waals surface area contributed by atoms with Gasteiger partial charge >= 0.3 is 0 Å². The molecule has 0 radical (unpaired) electrons. The molecule has 3 atom stereocenters. The molecule has 0 saturated carbocycles. The highest BCUT2D eigenvalue weighted by molar-refractivity contribution is 5.39. The molecule has 19 heavy (non-hydrogen) atoms. The Hall–Kier alpha value is -0.860. The van der Waals surface area contributed by atoms with Crippen LogP contribution in [0.25, 0.3) is 0 Å². The van der Waals surface area contributed by atoms with E-state index in [0.717, 1.165) is 13.1 Å². The Morgan fingerprint density at radius 1 is 1.16 bits per heavy atom. The van der Waals surface area contributed by atoms with Crippen molar-refractivity contribution in [3.63, 3.8) is 0 Å². The molecule has 106 valence electrons. The third-order valence-electron chi connectivity index (χ3n) is 4.47. The summed E-state index contributed by atoms with van der Waals surface area (Å²) in [5.41, 5.74) is 5.76. The zero-order valence-corrected chi connectivity index (χ0v) is 13.2. The minimum atomic E-state index is 0.500. The van der Waals surface area contributed by atoms with Crippen LogP contribution in [0.3, 0.4) is 0 Å². The molecule has 1 heterocycles. The zero-order valence-electron chi connectivity index (χ0n) is 13.2. The van der Waals surface area contributed by atoms with Crippen LogP contribution < -0.4 is 5.32 Å². The first-order chi connectivity index (χ1) is 8.90. The van der Waals surface area contributed by atoms with E-state index in [2.05, 4.69) is 63.9 Å². The highest BCUT2D eigenvalue weighted by Crippen LogP contribution is 2.30. The number of benzene rings is 1. The van der Waals surface area contributed by atoms with Crippen molar-refractivity contribution >= 4 is 0 Å². The minimum Gasteiger partial charge on any atom is -0.311 e. The zero-order chi connectivity index (χ0) is 14.2. The summed E-state index contributed by atoms with van der Waals surface area (Å²) in [7, 11) is 0. The molecule has 0 aliphatic carbocycles. The maximum absolute atomic E-state index is 3.56. The molecule has 2 rings (SSSR count). The van der Waals surface area contributed by atoms with Gasteiger partial charge in [0.25, 0.3) is 0 Å². The molecule has 1 N–H and O–H groups in total. The molecular weight excluding hydrogens is 232 g/mol. The number of hydrogen-bond donors (Lipinski definition) is 1. The quantitative estimate of drug-likeness (QED) is 0.877. The SMILES string of the molecule is Cc1cc(C)c(C(C)N2CC(C)NCC2C)c(C)c1. The van der Waals surface area contributed by atoms with E-state index >= 15 is 0 Å². The van der Waals surface area contributed by atoms with E-state index in [1.807, 2.05) is 0 Å². The van der Waals surface area contributed by atoms with Crippen molar-refractivity contribution in [3.05, 3.63) is 34.4 Å². The van der Waals surface area contributed by atoms with Gasteiger partial charge in [-0.05, 0) is 58.2 Å². The van der Waals surface area contributed by atoms with Crippen molar-refractivity contribution in [2.24, 2.45) is 0 Å². The Balaban J connectivity index is 2.30. The standard InChI is InChI=1S/C17H28N2/c1-11-7-12(2)17(13(3)8-11)16(6)19-10-14(4)18-9-15(19)5/h7-8,14-16,18H,9-10H2,1-6H3. The number of nitrogens with zero attached hydrogens (tertiary/aromatic N) is 1. The largest absolute Gasteiger partial charge is 0.311 e. The molecule has 1 aliphatic heterocycles. The summed E-state index contributed by atoms with van der Waals surface area (Å²) in [6.45, 7) is 15.9. The highest BCUT2D eigenvalue weighted by atomic mass is 15.2. The predicted molar refractivity (Wildman–Crippen MR) is 82.7 cm³/mol. The van der Waals surface area contributed by atoms with Gasteiger partial charge in [-0.25, -0.2) is 0 Å². The minimum absolute atomic E-state index is 0.500. The molecule has 1 aromatic rings. The summed E-state index contributed by atoms with van der Waals surface area (Å²) in [6, 6.07) is 6.32. The monoisotopic (exact) mass is 260 g/mol. The van der Waals surface area contributed by atoms with Crippen molar-refractivity contribution in [1.82, 2.24) is 10.2 Å². The smallest absolute Gasteiger partial charge is 0.0329 e. The van der Waals surface area contributed by atoms with Crippen LogP contribution in [0.2, 0.25) is 0 Å². The molecule has 0 amide bonds. The lowest BCUT2D eigenvalue weighted by Crippen LogP contribution is -2.54. The second kappa shape index (κ2) is 5.64. The van der Waals surface area contributed by atoms with E-state index in [4.69, 9.17) is 0 Å². The molecular formula is C17H28N2. The normalized spacial score (nSPS) is 26.4. The van der Waals surface area contributed by atoms with Gasteiger partial charge in [-0.15, -0.1) is 0 Å². The van der Waals surface area contributed by atoms with Crippen LogP contribution in [0.5, 0.6) is 0 Å². The molecule has 0 aromatic heterocycles. The van der Waals surface area contributed by atoms with Crippen molar-refractivity contribution in [3.8, 4) is 0 Å². The topological polar surface area (TPSA) is 15.3 Å². The number of rotatable bonds is 2. The fourth-order valence-electron chi connectivity index (χ4n) is 3.61. The summed E-state index contributed by atoms with van der Waals surface area (Å²) in [6.07, 6.45) is 0. The van der Waals surface area contributed by atoms with Crippen LogP contribution in [0.1, 0.15) is 49.1 Å². The van der Waals surface area contributed by atoms with Crippen molar-refractivity contribution in [2.75, 3.05) is 13.1 Å². The van der Waals surface area contributed by atoms with E-state index < -0.39 is 0 Å². The van der Waals surface area contributed by atoms with Gasteiger partial charge < -0.3 is 5.32 Å². The van der Waals surface area contributed by atoms with Crippen molar-refractivity contribution in [2.45, 2.75) is 59.7 Å². The lowest BCUT2D eigenvalue weighted by atomic mass is 9.92. The summed E-state index contributed by atoms with van der Waals surface area (Å²) in [5.74, 6) is 0. The number of piperazine rings is 1. The molecule has 2 heteroatoms. The lowest BCUT2D eigenvalue weighted by molar-refractivity contribution is 0.103. The third kappa shape index (κ3) is 3.01. The maximum atomic E-state index is 3.56. The Labute approximate surface area is 118 Å². The first-order valence-corrected chi connectivity index (χ1v) is 7.47. The molecule has 3 unspecified atom stereocenters. The van der Waals surface area contributed by atoms with E-state index in [1.54, 1.807) is 0 Å². The van der Waals surface area contributed by atoms with Gasteiger partial charge in [0.05, 0.1) is 0 Å². The van der Waals surface area contributed by atoms with E-state index in [-0.39, 0.29) is 0 Å². The maximum Gasteiger partial charge on any atom is 0.0329 e. The number of nitrogens with one attached hydrogen (secondary N) is 1. The van der Waals surface area contributed by atoms with Crippen LogP contribution in [-0.2, 0) is 0 Å². The molecule has 0 bridgehead atoms. The van der Waals surface area contributed by atoms with Gasteiger partial charge in [0.1, 0.15) is 0 Å². The fraction of sp³-hybridized carbons (Fsp3) is 0.647. The summed E-state index contributed by atoms with van der Waals surface area (Å²) in [4.78, 5) is 2.64.